The molecule has 0 aromatic heterocycles. The van der Waals surface area contributed by atoms with E-state index in [1.54, 1.807) is 0 Å². The molecule has 3 N–H and O–H groups in total. The second-order valence-corrected chi connectivity index (χ2v) is 4.84. The van der Waals surface area contributed by atoms with Gasteiger partial charge in [-0.15, -0.1) is 0 Å². The lowest BCUT2D eigenvalue weighted by molar-refractivity contribution is 1.42. The molecule has 2 aromatic carbocycles. The van der Waals surface area contributed by atoms with Crippen molar-refractivity contribution in [3.05, 3.63) is 51.6 Å². The number of nitrogens with two attached hydrogens (primary N) is 1. The highest BCUT2D eigenvalue weighted by molar-refractivity contribution is 14.1. The lowest BCUT2D eigenvalue weighted by atomic mass is 10.2. The number of halogens is 1. The Kier molecular flexibility index (Phi) is 3.33. The SMILES string of the molecule is Cc1ccccc1Nc1ccc(N)cc1I. The minimum atomic E-state index is 0.791. The van der Waals surface area contributed by atoms with Crippen molar-refractivity contribution in [1.29, 1.82) is 0 Å². The number of benzene rings is 2. The number of nitrogens with one attached hydrogen (secondary N) is 1. The summed E-state index contributed by atoms with van der Waals surface area (Å²) in [6.07, 6.45) is 0. The van der Waals surface area contributed by atoms with Crippen LogP contribution in [0.1, 0.15) is 5.56 Å². The van der Waals surface area contributed by atoms with Gasteiger partial charge in [0.05, 0.1) is 5.69 Å². The van der Waals surface area contributed by atoms with Gasteiger partial charge in [0.25, 0.3) is 0 Å². The second kappa shape index (κ2) is 4.74. The maximum atomic E-state index is 5.72. The molecule has 2 rings (SSSR count). The molecular weight excluding hydrogens is 311 g/mol. The van der Waals surface area contributed by atoms with Crippen molar-refractivity contribution in [3.8, 4) is 0 Å². The Bertz CT molecular complexity index is 509. The third-order valence-electron chi connectivity index (χ3n) is 2.41. The van der Waals surface area contributed by atoms with Gasteiger partial charge < -0.3 is 11.1 Å². The van der Waals surface area contributed by atoms with Crippen LogP contribution in [-0.2, 0) is 0 Å². The van der Waals surface area contributed by atoms with Crippen molar-refractivity contribution < 1.29 is 0 Å². The van der Waals surface area contributed by atoms with Crippen LogP contribution in [0.4, 0.5) is 17.1 Å². The molecule has 0 aliphatic heterocycles. The normalized spacial score (nSPS) is 10.1. The van der Waals surface area contributed by atoms with Crippen LogP contribution in [0.2, 0.25) is 0 Å². The van der Waals surface area contributed by atoms with Gasteiger partial charge in [-0.2, -0.15) is 0 Å². The van der Waals surface area contributed by atoms with Crippen LogP contribution in [0, 0.1) is 10.5 Å². The van der Waals surface area contributed by atoms with Gasteiger partial charge in [-0.05, 0) is 59.3 Å². The highest BCUT2D eigenvalue weighted by Gasteiger charge is 2.02. The van der Waals surface area contributed by atoms with Crippen LogP contribution in [-0.4, -0.2) is 0 Å². The van der Waals surface area contributed by atoms with Gasteiger partial charge in [-0.3, -0.25) is 0 Å². The van der Waals surface area contributed by atoms with Crippen molar-refractivity contribution >= 4 is 39.7 Å². The van der Waals surface area contributed by atoms with E-state index in [-0.39, 0.29) is 0 Å². The predicted molar refractivity (Wildman–Crippen MR) is 78.0 cm³/mol. The van der Waals surface area contributed by atoms with Gasteiger partial charge in [-0.1, -0.05) is 18.2 Å². The van der Waals surface area contributed by atoms with Crippen molar-refractivity contribution in [2.24, 2.45) is 0 Å². The van der Waals surface area contributed by atoms with Gasteiger partial charge in [0, 0.05) is 14.9 Å². The van der Waals surface area contributed by atoms with E-state index in [0.29, 0.717) is 0 Å². The van der Waals surface area contributed by atoms with Crippen LogP contribution in [0.3, 0.4) is 0 Å². The van der Waals surface area contributed by atoms with Gasteiger partial charge in [-0.25, -0.2) is 0 Å². The smallest absolute Gasteiger partial charge is 0.0521 e. The highest BCUT2D eigenvalue weighted by Crippen LogP contribution is 2.25. The molecule has 0 amide bonds. The standard InChI is InChI=1S/C13H13IN2/c1-9-4-2-3-5-12(9)16-13-7-6-10(15)8-11(13)14/h2-8,16H,15H2,1H3. The molecule has 0 radical (unpaired) electrons. The molecule has 2 aromatic rings. The number of para-hydroxylation sites is 1. The predicted octanol–water partition coefficient (Wildman–Crippen LogP) is 3.93. The van der Waals surface area contributed by atoms with Gasteiger partial charge in [0.15, 0.2) is 0 Å². The first-order chi connectivity index (χ1) is 7.66. The number of rotatable bonds is 2. The quantitative estimate of drug-likeness (QED) is 0.649. The Balaban J connectivity index is 2.31. The third kappa shape index (κ3) is 2.47. The van der Waals surface area contributed by atoms with Gasteiger partial charge >= 0.3 is 0 Å². The van der Waals surface area contributed by atoms with Crippen LogP contribution in [0.25, 0.3) is 0 Å². The molecule has 0 atom stereocenters. The maximum absolute atomic E-state index is 5.72. The fourth-order valence-electron chi connectivity index (χ4n) is 1.49. The van der Waals surface area contributed by atoms with Crippen molar-refractivity contribution in [3.63, 3.8) is 0 Å². The van der Waals surface area contributed by atoms with Crippen molar-refractivity contribution in [1.82, 2.24) is 0 Å². The zero-order valence-corrected chi connectivity index (χ0v) is 11.2. The minimum absolute atomic E-state index is 0.791. The minimum Gasteiger partial charge on any atom is -0.399 e. The van der Waals surface area contributed by atoms with E-state index in [9.17, 15) is 0 Å². The van der Waals surface area contributed by atoms with Crippen LogP contribution in [0.15, 0.2) is 42.5 Å². The topological polar surface area (TPSA) is 38.0 Å². The summed E-state index contributed by atoms with van der Waals surface area (Å²) in [7, 11) is 0. The molecule has 0 heterocycles. The zero-order chi connectivity index (χ0) is 11.5. The number of aryl methyl sites for hydroxylation is 1. The summed E-state index contributed by atoms with van der Waals surface area (Å²) in [5.41, 5.74) is 9.96. The van der Waals surface area contributed by atoms with E-state index in [4.69, 9.17) is 5.73 Å². The molecular formula is C13H13IN2. The first kappa shape index (κ1) is 11.3. The molecule has 0 spiro atoms. The maximum Gasteiger partial charge on any atom is 0.0521 e. The molecule has 2 nitrogen and oxygen atoms in total. The lowest BCUT2D eigenvalue weighted by Gasteiger charge is -2.11. The Morgan fingerprint density at radius 2 is 1.81 bits per heavy atom. The molecule has 0 unspecified atom stereocenters. The number of hydrogen-bond acceptors (Lipinski definition) is 2. The molecule has 82 valence electrons. The van der Waals surface area contributed by atoms with E-state index in [0.717, 1.165) is 20.6 Å². The average molecular weight is 324 g/mol. The highest BCUT2D eigenvalue weighted by atomic mass is 127. The van der Waals surface area contributed by atoms with E-state index in [1.807, 2.05) is 30.3 Å². The van der Waals surface area contributed by atoms with Crippen LogP contribution >= 0.6 is 22.6 Å². The Morgan fingerprint density at radius 3 is 2.50 bits per heavy atom. The van der Waals surface area contributed by atoms with Crippen LogP contribution in [0.5, 0.6) is 0 Å². The van der Waals surface area contributed by atoms with Crippen LogP contribution < -0.4 is 11.1 Å². The average Bonchev–Trinajstić information content (AvgIpc) is 2.25. The van der Waals surface area contributed by atoms with Gasteiger partial charge in [0.1, 0.15) is 0 Å². The first-order valence-electron chi connectivity index (χ1n) is 5.04. The third-order valence-corrected chi connectivity index (χ3v) is 3.30. The second-order valence-electron chi connectivity index (χ2n) is 3.68. The van der Waals surface area contributed by atoms with E-state index < -0.39 is 0 Å². The summed E-state index contributed by atoms with van der Waals surface area (Å²) in [4.78, 5) is 0. The summed E-state index contributed by atoms with van der Waals surface area (Å²) in [6.45, 7) is 2.09. The fraction of sp³-hybridized carbons (Fsp3) is 0.0769. The summed E-state index contributed by atoms with van der Waals surface area (Å²) in [6, 6.07) is 14.1. The number of hydrogen-bond donors (Lipinski definition) is 2. The molecule has 0 fully saturated rings. The molecule has 0 bridgehead atoms. The number of nitrogen functional groups attached to an aromatic ring is 1. The lowest BCUT2D eigenvalue weighted by Crippen LogP contribution is -1.96. The molecule has 3 heteroatoms. The molecule has 0 saturated carbocycles. The summed E-state index contributed by atoms with van der Waals surface area (Å²) in [5, 5.41) is 3.40. The first-order valence-corrected chi connectivity index (χ1v) is 6.12. The Morgan fingerprint density at radius 1 is 1.06 bits per heavy atom. The molecule has 0 saturated heterocycles. The van der Waals surface area contributed by atoms with Crippen molar-refractivity contribution in [2.45, 2.75) is 6.92 Å². The molecule has 0 aliphatic rings. The van der Waals surface area contributed by atoms with E-state index >= 15 is 0 Å². The van der Waals surface area contributed by atoms with E-state index in [2.05, 4.69) is 47.0 Å². The summed E-state index contributed by atoms with van der Waals surface area (Å²) in [5.74, 6) is 0. The Labute approximate surface area is 109 Å². The van der Waals surface area contributed by atoms with E-state index in [1.165, 1.54) is 5.56 Å². The molecule has 0 aliphatic carbocycles. The van der Waals surface area contributed by atoms with Gasteiger partial charge in [0.2, 0.25) is 0 Å². The number of anilines is 3. The summed E-state index contributed by atoms with van der Waals surface area (Å²) >= 11 is 2.28. The molecule has 16 heavy (non-hydrogen) atoms. The Hall–Kier alpha value is -1.23. The van der Waals surface area contributed by atoms with Crippen molar-refractivity contribution in [2.75, 3.05) is 11.1 Å². The largest absolute Gasteiger partial charge is 0.399 e. The zero-order valence-electron chi connectivity index (χ0n) is 9.00. The monoisotopic (exact) mass is 324 g/mol. The summed E-state index contributed by atoms with van der Waals surface area (Å²) < 4.78 is 1.13. The fourth-order valence-corrected chi connectivity index (χ4v) is 2.17.